The number of hydrogen-bond donors (Lipinski definition) is 1. The van der Waals surface area contributed by atoms with Crippen LogP contribution in [0.5, 0.6) is 0 Å². The fraction of sp³-hybridized carbons (Fsp3) is 0.538. The van der Waals surface area contributed by atoms with Crippen molar-refractivity contribution in [2.75, 3.05) is 26.3 Å². The maximum Gasteiger partial charge on any atom is 0.0591 e. The van der Waals surface area contributed by atoms with Crippen LogP contribution in [0.25, 0.3) is 0 Å². The van der Waals surface area contributed by atoms with E-state index in [9.17, 15) is 0 Å². The van der Waals surface area contributed by atoms with E-state index in [1.165, 1.54) is 5.56 Å². The molecule has 1 heterocycles. The van der Waals surface area contributed by atoms with Gasteiger partial charge >= 0.3 is 0 Å². The van der Waals surface area contributed by atoms with Gasteiger partial charge in [-0.2, -0.15) is 0 Å². The topological polar surface area (TPSA) is 21.3 Å². The Morgan fingerprint density at radius 2 is 2.12 bits per heavy atom. The van der Waals surface area contributed by atoms with Gasteiger partial charge in [0.1, 0.15) is 0 Å². The van der Waals surface area contributed by atoms with Crippen molar-refractivity contribution < 1.29 is 4.74 Å². The van der Waals surface area contributed by atoms with Crippen LogP contribution in [0.4, 0.5) is 0 Å². The average molecular weight is 240 g/mol. The van der Waals surface area contributed by atoms with Gasteiger partial charge in [0, 0.05) is 23.5 Å². The van der Waals surface area contributed by atoms with E-state index in [0.717, 1.165) is 37.7 Å². The Bertz CT molecular complexity index is 328. The number of nitrogens with one attached hydrogen (secondary N) is 1. The molecule has 1 aromatic rings. The molecule has 1 aliphatic heterocycles. The molecule has 0 amide bonds. The van der Waals surface area contributed by atoms with Crippen molar-refractivity contribution in [3.63, 3.8) is 0 Å². The van der Waals surface area contributed by atoms with E-state index in [1.807, 2.05) is 12.1 Å². The standard InChI is InChI=1S/C13H18ClNO/c1-13(9-15-6-7-16-10-13)8-11-2-4-12(14)5-3-11/h2-5,15H,6-10H2,1H3. The van der Waals surface area contributed by atoms with E-state index in [0.29, 0.717) is 0 Å². The van der Waals surface area contributed by atoms with Crippen LogP contribution in [0.1, 0.15) is 12.5 Å². The van der Waals surface area contributed by atoms with E-state index < -0.39 is 0 Å². The van der Waals surface area contributed by atoms with E-state index in [2.05, 4.69) is 24.4 Å². The summed E-state index contributed by atoms with van der Waals surface area (Å²) >= 11 is 5.88. The zero-order valence-electron chi connectivity index (χ0n) is 9.63. The molecule has 1 aromatic carbocycles. The summed E-state index contributed by atoms with van der Waals surface area (Å²) in [7, 11) is 0. The van der Waals surface area contributed by atoms with Gasteiger partial charge in [-0.1, -0.05) is 30.7 Å². The molecule has 0 spiro atoms. The lowest BCUT2D eigenvalue weighted by Gasteiger charge is -2.27. The predicted molar refractivity (Wildman–Crippen MR) is 67.0 cm³/mol. The second-order valence-electron chi connectivity index (χ2n) is 4.84. The molecule has 1 saturated heterocycles. The predicted octanol–water partition coefficient (Wildman–Crippen LogP) is 2.51. The summed E-state index contributed by atoms with van der Waals surface area (Å²) in [6.07, 6.45) is 1.02. The van der Waals surface area contributed by atoms with Crippen molar-refractivity contribution >= 4 is 11.6 Å². The smallest absolute Gasteiger partial charge is 0.0591 e. The number of halogens is 1. The van der Waals surface area contributed by atoms with Gasteiger partial charge in [-0.3, -0.25) is 0 Å². The largest absolute Gasteiger partial charge is 0.380 e. The second-order valence-corrected chi connectivity index (χ2v) is 5.28. The van der Waals surface area contributed by atoms with Gasteiger partial charge in [0.15, 0.2) is 0 Å². The lowest BCUT2D eigenvalue weighted by molar-refractivity contribution is 0.0796. The molecule has 88 valence electrons. The van der Waals surface area contributed by atoms with Crippen LogP contribution in [-0.2, 0) is 11.2 Å². The molecule has 1 N–H and O–H groups in total. The molecule has 0 aromatic heterocycles. The molecule has 0 aliphatic carbocycles. The lowest BCUT2D eigenvalue weighted by Crippen LogP contribution is -2.34. The van der Waals surface area contributed by atoms with E-state index in [4.69, 9.17) is 16.3 Å². The Balaban J connectivity index is 2.04. The van der Waals surface area contributed by atoms with Crippen LogP contribution < -0.4 is 5.32 Å². The van der Waals surface area contributed by atoms with Crippen LogP contribution in [0.2, 0.25) is 5.02 Å². The minimum absolute atomic E-state index is 0.185. The number of benzene rings is 1. The van der Waals surface area contributed by atoms with Gasteiger partial charge < -0.3 is 10.1 Å². The van der Waals surface area contributed by atoms with Gasteiger partial charge in [-0.05, 0) is 24.1 Å². The maximum absolute atomic E-state index is 5.88. The summed E-state index contributed by atoms with van der Waals surface area (Å²) in [6, 6.07) is 8.09. The van der Waals surface area contributed by atoms with Crippen molar-refractivity contribution in [3.8, 4) is 0 Å². The Morgan fingerprint density at radius 3 is 2.88 bits per heavy atom. The molecular weight excluding hydrogens is 222 g/mol. The van der Waals surface area contributed by atoms with E-state index >= 15 is 0 Å². The molecule has 3 heteroatoms. The summed E-state index contributed by atoms with van der Waals surface area (Å²) in [5.74, 6) is 0. The Hall–Kier alpha value is -0.570. The zero-order valence-corrected chi connectivity index (χ0v) is 10.4. The number of rotatable bonds is 2. The van der Waals surface area contributed by atoms with E-state index in [-0.39, 0.29) is 5.41 Å². The second kappa shape index (κ2) is 5.17. The SMILES string of the molecule is CC1(Cc2ccc(Cl)cc2)CNCCOC1. The highest BCUT2D eigenvalue weighted by atomic mass is 35.5. The first-order valence-corrected chi connectivity index (χ1v) is 6.09. The Morgan fingerprint density at radius 1 is 1.38 bits per heavy atom. The van der Waals surface area contributed by atoms with Gasteiger partial charge in [-0.25, -0.2) is 0 Å². The first-order valence-electron chi connectivity index (χ1n) is 5.71. The summed E-state index contributed by atoms with van der Waals surface area (Å²) in [5.41, 5.74) is 1.50. The van der Waals surface area contributed by atoms with Crippen LogP contribution in [0.3, 0.4) is 0 Å². The van der Waals surface area contributed by atoms with Crippen LogP contribution in [0.15, 0.2) is 24.3 Å². The molecule has 1 unspecified atom stereocenters. The molecule has 2 rings (SSSR count). The molecule has 1 atom stereocenters. The van der Waals surface area contributed by atoms with Crippen LogP contribution in [-0.4, -0.2) is 26.3 Å². The third kappa shape index (κ3) is 3.21. The molecule has 1 fully saturated rings. The lowest BCUT2D eigenvalue weighted by atomic mass is 9.84. The van der Waals surface area contributed by atoms with Gasteiger partial charge in [-0.15, -0.1) is 0 Å². The van der Waals surface area contributed by atoms with Gasteiger partial charge in [0.25, 0.3) is 0 Å². The minimum Gasteiger partial charge on any atom is -0.380 e. The van der Waals surface area contributed by atoms with Gasteiger partial charge in [0.2, 0.25) is 0 Å². The highest BCUT2D eigenvalue weighted by Gasteiger charge is 2.26. The maximum atomic E-state index is 5.88. The van der Waals surface area contributed by atoms with Crippen LogP contribution >= 0.6 is 11.6 Å². The highest BCUT2D eigenvalue weighted by Crippen LogP contribution is 2.24. The van der Waals surface area contributed by atoms with Gasteiger partial charge in [0.05, 0.1) is 13.2 Å². The number of ether oxygens (including phenoxy) is 1. The quantitative estimate of drug-likeness (QED) is 0.857. The van der Waals surface area contributed by atoms with Crippen molar-refractivity contribution in [2.45, 2.75) is 13.3 Å². The zero-order chi connectivity index (χ0) is 11.4. The van der Waals surface area contributed by atoms with Crippen LogP contribution in [0, 0.1) is 5.41 Å². The minimum atomic E-state index is 0.185. The molecule has 0 saturated carbocycles. The molecule has 16 heavy (non-hydrogen) atoms. The third-order valence-electron chi connectivity index (χ3n) is 2.97. The van der Waals surface area contributed by atoms with Crippen molar-refractivity contribution in [2.24, 2.45) is 5.41 Å². The molecule has 2 nitrogen and oxygen atoms in total. The normalized spacial score (nSPS) is 26.4. The first-order chi connectivity index (χ1) is 7.68. The van der Waals surface area contributed by atoms with Crippen molar-refractivity contribution in [3.05, 3.63) is 34.9 Å². The summed E-state index contributed by atoms with van der Waals surface area (Å²) in [4.78, 5) is 0. The fourth-order valence-electron chi connectivity index (χ4n) is 2.11. The van der Waals surface area contributed by atoms with Crippen molar-refractivity contribution in [1.29, 1.82) is 0 Å². The van der Waals surface area contributed by atoms with E-state index in [1.54, 1.807) is 0 Å². The molecule has 0 bridgehead atoms. The average Bonchev–Trinajstić information content (AvgIpc) is 2.47. The third-order valence-corrected chi connectivity index (χ3v) is 3.22. The Kier molecular flexibility index (Phi) is 3.85. The summed E-state index contributed by atoms with van der Waals surface area (Å²) < 4.78 is 5.62. The highest BCUT2D eigenvalue weighted by molar-refractivity contribution is 6.30. The number of hydrogen-bond acceptors (Lipinski definition) is 2. The monoisotopic (exact) mass is 239 g/mol. The Labute approximate surface area is 102 Å². The summed E-state index contributed by atoms with van der Waals surface area (Å²) in [5, 5.41) is 4.21. The first kappa shape index (κ1) is 11.9. The summed E-state index contributed by atoms with van der Waals surface area (Å²) in [6.45, 7) is 5.87. The molecular formula is C13H18ClNO. The van der Waals surface area contributed by atoms with Crippen molar-refractivity contribution in [1.82, 2.24) is 5.32 Å². The fourth-order valence-corrected chi connectivity index (χ4v) is 2.24. The molecule has 1 aliphatic rings. The molecule has 0 radical (unpaired) electrons.